The van der Waals surface area contributed by atoms with Crippen LogP contribution in [0.25, 0.3) is 22.1 Å². The SMILES string of the molecule is CCOc1cc(C=c2sc3nc4ccccc4n3c2=O)cc(Br)c1OCCOc1ccc(C)cc1. The maximum atomic E-state index is 13.1. The fourth-order valence-electron chi connectivity index (χ4n) is 3.78. The van der Waals surface area contributed by atoms with Gasteiger partial charge in [-0.25, -0.2) is 9.38 Å². The molecule has 5 aromatic rings. The van der Waals surface area contributed by atoms with E-state index in [0.717, 1.165) is 26.8 Å². The minimum atomic E-state index is -0.0821. The highest BCUT2D eigenvalue weighted by Gasteiger charge is 2.14. The number of imidazole rings is 1. The van der Waals surface area contributed by atoms with Crippen molar-refractivity contribution < 1.29 is 14.2 Å². The van der Waals surface area contributed by atoms with Gasteiger partial charge in [-0.15, -0.1) is 0 Å². The molecule has 178 valence electrons. The zero-order valence-corrected chi connectivity index (χ0v) is 21.7. The summed E-state index contributed by atoms with van der Waals surface area (Å²) in [6.45, 7) is 5.20. The Hall–Kier alpha value is -3.36. The highest BCUT2D eigenvalue weighted by atomic mass is 79.9. The molecule has 35 heavy (non-hydrogen) atoms. The lowest BCUT2D eigenvalue weighted by Crippen LogP contribution is -2.22. The lowest BCUT2D eigenvalue weighted by Gasteiger charge is -2.15. The second kappa shape index (κ2) is 10.1. The van der Waals surface area contributed by atoms with Gasteiger partial charge in [0.25, 0.3) is 5.56 Å². The van der Waals surface area contributed by atoms with Crippen molar-refractivity contribution in [3.63, 3.8) is 0 Å². The van der Waals surface area contributed by atoms with Crippen LogP contribution < -0.4 is 24.3 Å². The first-order chi connectivity index (χ1) is 17.0. The van der Waals surface area contributed by atoms with Gasteiger partial charge >= 0.3 is 0 Å². The van der Waals surface area contributed by atoms with Crippen molar-refractivity contribution >= 4 is 49.3 Å². The molecule has 0 unspecified atom stereocenters. The number of hydrogen-bond donors (Lipinski definition) is 0. The number of aryl methyl sites for hydroxylation is 1. The third kappa shape index (κ3) is 4.90. The van der Waals surface area contributed by atoms with Gasteiger partial charge in [0.15, 0.2) is 16.5 Å². The summed E-state index contributed by atoms with van der Waals surface area (Å²) >= 11 is 4.98. The molecule has 0 radical (unpaired) electrons. The van der Waals surface area contributed by atoms with Gasteiger partial charge in [-0.1, -0.05) is 41.2 Å². The molecular formula is C27H23BrN2O4S. The molecule has 0 saturated heterocycles. The number of aromatic nitrogens is 2. The van der Waals surface area contributed by atoms with Crippen molar-refractivity contribution in [2.75, 3.05) is 19.8 Å². The topological polar surface area (TPSA) is 62.1 Å². The largest absolute Gasteiger partial charge is 0.490 e. The van der Waals surface area contributed by atoms with Gasteiger partial charge in [0.2, 0.25) is 0 Å². The summed E-state index contributed by atoms with van der Waals surface area (Å²) in [7, 11) is 0. The summed E-state index contributed by atoms with van der Waals surface area (Å²) < 4.78 is 20.6. The lowest BCUT2D eigenvalue weighted by molar-refractivity contribution is 0.207. The standard InChI is InChI=1S/C27H23BrN2O4S/c1-3-32-23-15-18(14-20(28)25(23)34-13-12-33-19-10-8-17(2)9-11-19)16-24-26(31)30-22-7-5-4-6-21(22)29-27(30)35-24/h4-11,14-16H,3,12-13H2,1-2H3. The average molecular weight is 551 g/mol. The lowest BCUT2D eigenvalue weighted by atomic mass is 10.2. The van der Waals surface area contributed by atoms with Gasteiger partial charge in [-0.05, 0) is 77.8 Å². The monoisotopic (exact) mass is 550 g/mol. The van der Waals surface area contributed by atoms with Crippen molar-refractivity contribution in [1.82, 2.24) is 9.38 Å². The van der Waals surface area contributed by atoms with E-state index < -0.39 is 0 Å². The summed E-state index contributed by atoms with van der Waals surface area (Å²) in [5.74, 6) is 2.00. The molecule has 0 aliphatic rings. The smallest absolute Gasteiger partial charge is 0.274 e. The van der Waals surface area contributed by atoms with Crippen LogP contribution in [0.5, 0.6) is 17.2 Å². The molecule has 0 N–H and O–H groups in total. The number of hydrogen-bond acceptors (Lipinski definition) is 6. The van der Waals surface area contributed by atoms with Crippen LogP contribution >= 0.6 is 27.3 Å². The number of halogens is 1. The number of para-hydroxylation sites is 2. The molecule has 2 heterocycles. The molecule has 0 atom stereocenters. The number of fused-ring (bicyclic) bond motifs is 3. The van der Waals surface area contributed by atoms with E-state index in [-0.39, 0.29) is 5.56 Å². The summed E-state index contributed by atoms with van der Waals surface area (Å²) in [4.78, 5) is 18.4. The quantitative estimate of drug-likeness (QED) is 0.242. The number of thiazole rings is 1. The Kier molecular flexibility index (Phi) is 6.74. The Balaban J connectivity index is 1.39. The Morgan fingerprint density at radius 3 is 2.60 bits per heavy atom. The minimum absolute atomic E-state index is 0.0821. The molecule has 0 aliphatic carbocycles. The van der Waals surface area contributed by atoms with E-state index in [0.29, 0.717) is 40.8 Å². The molecule has 2 aromatic heterocycles. The van der Waals surface area contributed by atoms with Crippen molar-refractivity contribution in [1.29, 1.82) is 0 Å². The molecule has 8 heteroatoms. The third-order valence-corrected chi connectivity index (χ3v) is 6.95. The fraction of sp³-hybridized carbons (Fsp3) is 0.185. The van der Waals surface area contributed by atoms with Crippen LogP contribution in [0.3, 0.4) is 0 Å². The Morgan fingerprint density at radius 1 is 1.03 bits per heavy atom. The zero-order chi connectivity index (χ0) is 24.4. The first-order valence-electron chi connectivity index (χ1n) is 11.2. The molecule has 0 bridgehead atoms. The van der Waals surface area contributed by atoms with Crippen LogP contribution in [0, 0.1) is 6.92 Å². The van der Waals surface area contributed by atoms with Gasteiger partial charge in [0.05, 0.1) is 26.6 Å². The van der Waals surface area contributed by atoms with E-state index >= 15 is 0 Å². The Morgan fingerprint density at radius 2 is 1.80 bits per heavy atom. The number of ether oxygens (including phenoxy) is 3. The minimum Gasteiger partial charge on any atom is -0.490 e. The maximum absolute atomic E-state index is 13.1. The first kappa shape index (κ1) is 23.4. The highest BCUT2D eigenvalue weighted by Crippen LogP contribution is 2.37. The van der Waals surface area contributed by atoms with E-state index in [2.05, 4.69) is 20.9 Å². The summed E-state index contributed by atoms with van der Waals surface area (Å²) in [6.07, 6.45) is 1.86. The van der Waals surface area contributed by atoms with E-state index in [1.165, 1.54) is 16.9 Å². The van der Waals surface area contributed by atoms with E-state index in [9.17, 15) is 4.79 Å². The number of nitrogens with zero attached hydrogens (tertiary/aromatic N) is 2. The Bertz CT molecular complexity index is 1610. The summed E-state index contributed by atoms with van der Waals surface area (Å²) in [5, 5.41) is 0. The molecule has 5 rings (SSSR count). The van der Waals surface area contributed by atoms with Crippen LogP contribution in [0.2, 0.25) is 0 Å². The second-order valence-corrected chi connectivity index (χ2v) is 9.77. The Labute approximate surface area is 214 Å². The van der Waals surface area contributed by atoms with Crippen molar-refractivity contribution in [2.45, 2.75) is 13.8 Å². The van der Waals surface area contributed by atoms with Crippen LogP contribution in [0.15, 0.2) is 69.9 Å². The molecule has 0 aliphatic heterocycles. The van der Waals surface area contributed by atoms with Crippen LogP contribution in [0.1, 0.15) is 18.1 Å². The average Bonchev–Trinajstić information content (AvgIpc) is 3.35. The van der Waals surface area contributed by atoms with Gasteiger partial charge in [-0.2, -0.15) is 0 Å². The van der Waals surface area contributed by atoms with Crippen LogP contribution in [0.4, 0.5) is 0 Å². The van der Waals surface area contributed by atoms with Gasteiger partial charge in [0, 0.05) is 0 Å². The second-order valence-electron chi connectivity index (χ2n) is 7.91. The predicted octanol–water partition coefficient (Wildman–Crippen LogP) is 5.38. The zero-order valence-electron chi connectivity index (χ0n) is 19.3. The molecule has 0 spiro atoms. The van der Waals surface area contributed by atoms with Crippen molar-refractivity contribution in [2.24, 2.45) is 0 Å². The molecule has 6 nitrogen and oxygen atoms in total. The normalized spacial score (nSPS) is 11.9. The van der Waals surface area contributed by atoms with Gasteiger partial charge in [-0.3, -0.25) is 4.79 Å². The number of rotatable bonds is 8. The predicted molar refractivity (Wildman–Crippen MR) is 143 cm³/mol. The summed E-state index contributed by atoms with van der Waals surface area (Å²) in [5.41, 5.74) is 3.56. The van der Waals surface area contributed by atoms with Crippen LogP contribution in [-0.4, -0.2) is 29.2 Å². The number of benzene rings is 3. The van der Waals surface area contributed by atoms with Crippen LogP contribution in [-0.2, 0) is 0 Å². The van der Waals surface area contributed by atoms with E-state index in [1.807, 2.05) is 80.6 Å². The first-order valence-corrected chi connectivity index (χ1v) is 12.8. The van der Waals surface area contributed by atoms with E-state index in [4.69, 9.17) is 14.2 Å². The van der Waals surface area contributed by atoms with Gasteiger partial charge in [0.1, 0.15) is 19.0 Å². The van der Waals surface area contributed by atoms with Crippen molar-refractivity contribution in [3.05, 3.63) is 91.1 Å². The molecule has 0 saturated carbocycles. The third-order valence-electron chi connectivity index (χ3n) is 5.39. The maximum Gasteiger partial charge on any atom is 0.274 e. The fourth-order valence-corrected chi connectivity index (χ4v) is 5.34. The van der Waals surface area contributed by atoms with E-state index in [1.54, 1.807) is 4.40 Å². The van der Waals surface area contributed by atoms with Gasteiger partial charge < -0.3 is 14.2 Å². The molecule has 3 aromatic carbocycles. The molecule has 0 fully saturated rings. The molecule has 0 amide bonds. The van der Waals surface area contributed by atoms with Crippen molar-refractivity contribution in [3.8, 4) is 17.2 Å². The summed E-state index contributed by atoms with van der Waals surface area (Å²) in [6, 6.07) is 19.3. The molecular weight excluding hydrogens is 528 g/mol. The highest BCUT2D eigenvalue weighted by molar-refractivity contribution is 9.10.